The van der Waals surface area contributed by atoms with Gasteiger partial charge in [0, 0.05) is 43.1 Å². The Kier molecular flexibility index (Phi) is 12.2. The number of carbonyl (C=O) groups excluding carboxylic acids is 2. The van der Waals surface area contributed by atoms with Crippen LogP contribution in [-0.2, 0) is 48.4 Å². The number of nitrogens with two attached hydrogens (primary N) is 4. The number of unbranched alkanes of at least 4 members (excludes halogenated alkanes) is 2. The third kappa shape index (κ3) is 8.54. The van der Waals surface area contributed by atoms with E-state index in [0.717, 1.165) is 116 Å². The lowest BCUT2D eigenvalue weighted by atomic mass is 9.72. The van der Waals surface area contributed by atoms with Gasteiger partial charge in [-0.25, -0.2) is 19.9 Å². The predicted octanol–water partition coefficient (Wildman–Crippen LogP) is 8.34. The monoisotopic (exact) mass is 828 g/mol. The van der Waals surface area contributed by atoms with Crippen molar-refractivity contribution in [3.05, 3.63) is 131 Å². The van der Waals surface area contributed by atoms with Gasteiger partial charge >= 0.3 is 0 Å². The van der Waals surface area contributed by atoms with Crippen molar-refractivity contribution in [1.82, 2.24) is 29.1 Å². The molecular weight excluding hydrogens is 773 g/mol. The number of benzene rings is 4. The van der Waals surface area contributed by atoms with Gasteiger partial charge in [0.05, 0.1) is 27.5 Å². The fourth-order valence-corrected chi connectivity index (χ4v) is 9.01. The second-order valence-corrected chi connectivity index (χ2v) is 16.8. The molecule has 8 aromatic rings. The fraction of sp³-hybridized carbons (Fsp3) is 0.320. The van der Waals surface area contributed by atoms with Crippen LogP contribution in [0.3, 0.4) is 0 Å². The minimum Gasteiger partial charge on any atom is -0.382 e. The van der Waals surface area contributed by atoms with Gasteiger partial charge in [0.1, 0.15) is 22.7 Å². The van der Waals surface area contributed by atoms with Crippen LogP contribution in [-0.4, -0.2) is 40.9 Å². The van der Waals surface area contributed by atoms with Crippen LogP contribution in [0.15, 0.2) is 97.1 Å². The lowest BCUT2D eigenvalue weighted by molar-refractivity contribution is -0.128. The van der Waals surface area contributed by atoms with Crippen molar-refractivity contribution < 1.29 is 9.59 Å². The number of imidazole rings is 2. The summed E-state index contributed by atoms with van der Waals surface area (Å²) >= 11 is 0. The number of hydrogen-bond donors (Lipinski definition) is 4. The zero-order valence-corrected chi connectivity index (χ0v) is 35.7. The van der Waals surface area contributed by atoms with Crippen LogP contribution < -0.4 is 22.9 Å². The van der Waals surface area contributed by atoms with Crippen LogP contribution in [0.4, 0.5) is 11.6 Å². The van der Waals surface area contributed by atoms with Crippen molar-refractivity contribution in [2.45, 2.75) is 97.6 Å². The molecule has 0 aliphatic rings. The molecule has 318 valence electrons. The topological polar surface area (TPSA) is 200 Å². The van der Waals surface area contributed by atoms with E-state index in [2.05, 4.69) is 93.6 Å². The number of carbonyl (C=O) groups is 2. The summed E-state index contributed by atoms with van der Waals surface area (Å²) in [5.74, 6) is 2.02. The van der Waals surface area contributed by atoms with Crippen LogP contribution in [0.1, 0.15) is 92.7 Å². The van der Waals surface area contributed by atoms with Gasteiger partial charge in [0.15, 0.2) is 11.6 Å². The van der Waals surface area contributed by atoms with Gasteiger partial charge in [0.25, 0.3) is 0 Å². The third-order valence-electron chi connectivity index (χ3n) is 12.3. The predicted molar refractivity (Wildman–Crippen MR) is 249 cm³/mol. The Morgan fingerprint density at radius 2 is 0.984 bits per heavy atom. The number of nitrogens with zero attached hydrogens (tertiary/aromatic N) is 6. The highest BCUT2D eigenvalue weighted by atomic mass is 16.1. The van der Waals surface area contributed by atoms with Crippen molar-refractivity contribution in [3.8, 4) is 0 Å². The Morgan fingerprint density at radius 3 is 1.39 bits per heavy atom. The third-order valence-corrected chi connectivity index (χ3v) is 12.3. The number of anilines is 2. The van der Waals surface area contributed by atoms with Gasteiger partial charge in [0.2, 0.25) is 11.8 Å². The van der Waals surface area contributed by atoms with Gasteiger partial charge in [-0.3, -0.25) is 9.59 Å². The first-order valence-corrected chi connectivity index (χ1v) is 21.9. The summed E-state index contributed by atoms with van der Waals surface area (Å²) in [4.78, 5) is 44.9. The summed E-state index contributed by atoms with van der Waals surface area (Å²) < 4.78 is 4.55. The van der Waals surface area contributed by atoms with Crippen molar-refractivity contribution in [3.63, 3.8) is 0 Å². The van der Waals surface area contributed by atoms with Crippen LogP contribution in [0.5, 0.6) is 0 Å². The average molecular weight is 829 g/mol. The summed E-state index contributed by atoms with van der Waals surface area (Å²) in [5.41, 5.74) is 33.2. The largest absolute Gasteiger partial charge is 0.382 e. The molecular formula is C50H56N10O2. The van der Waals surface area contributed by atoms with Crippen LogP contribution in [0, 0.1) is 5.41 Å². The molecule has 8 N–H and O–H groups in total. The molecule has 0 saturated heterocycles. The molecule has 0 atom stereocenters. The lowest BCUT2D eigenvalue weighted by Gasteiger charge is -2.31. The van der Waals surface area contributed by atoms with Crippen molar-refractivity contribution in [1.29, 1.82) is 0 Å². The molecule has 2 amide bonds. The van der Waals surface area contributed by atoms with Crippen LogP contribution >= 0.6 is 0 Å². The maximum Gasteiger partial charge on any atom is 0.224 e. The fourth-order valence-electron chi connectivity index (χ4n) is 9.01. The van der Waals surface area contributed by atoms with Gasteiger partial charge in [-0.2, -0.15) is 0 Å². The molecule has 8 rings (SSSR count). The number of aromatic nitrogens is 6. The molecule has 0 radical (unpaired) electrons. The number of nitrogen functional groups attached to an aromatic ring is 2. The minimum absolute atomic E-state index is 0.175. The van der Waals surface area contributed by atoms with E-state index < -0.39 is 17.2 Å². The summed E-state index contributed by atoms with van der Waals surface area (Å²) in [6.07, 6.45) is 7.64. The van der Waals surface area contributed by atoms with E-state index in [1.807, 2.05) is 36.4 Å². The molecule has 0 unspecified atom stereocenters. The lowest BCUT2D eigenvalue weighted by Crippen LogP contribution is -2.41. The van der Waals surface area contributed by atoms with E-state index in [0.29, 0.717) is 50.4 Å². The van der Waals surface area contributed by atoms with Crippen molar-refractivity contribution in [2.24, 2.45) is 16.9 Å². The molecule has 0 saturated carbocycles. The van der Waals surface area contributed by atoms with E-state index >= 15 is 0 Å². The Hall–Kier alpha value is -6.82. The number of aryl methyl sites for hydroxylation is 2. The molecule has 0 bridgehead atoms. The van der Waals surface area contributed by atoms with Gasteiger partial charge in [-0.05, 0) is 72.9 Å². The van der Waals surface area contributed by atoms with Gasteiger partial charge in [-0.15, -0.1) is 0 Å². The number of primary amides is 2. The average Bonchev–Trinajstić information content (AvgIpc) is 3.82. The first-order valence-electron chi connectivity index (χ1n) is 21.9. The standard InChI is InChI=1S/C50H56N10O2/c1-3-5-17-41-57-43-45(36-12-7-9-14-38(36)55-47(43)52)59(41)30-34-23-19-32(20-24-34)28-50(49(54)62,27-11-16-40(51)61)29-33-21-25-35(26-22-33)31-60-42(18-6-4-2)58-44-46(60)37-13-8-10-15-39(37)56-48(44)53/h7-10,12-15,19-26H,3-6,11,16-18,27-31H2,1-2H3,(H2,51,61)(H2,52,55)(H2,53,56)(H2,54,62). The highest BCUT2D eigenvalue weighted by Crippen LogP contribution is 2.36. The maximum atomic E-state index is 13.7. The summed E-state index contributed by atoms with van der Waals surface area (Å²) in [6.45, 7) is 5.56. The number of fused-ring (bicyclic) bond motifs is 6. The molecule has 12 nitrogen and oxygen atoms in total. The second-order valence-electron chi connectivity index (χ2n) is 16.8. The molecule has 4 aromatic carbocycles. The van der Waals surface area contributed by atoms with E-state index in [9.17, 15) is 9.59 Å². The highest BCUT2D eigenvalue weighted by Gasteiger charge is 2.37. The molecule has 0 aliphatic heterocycles. The highest BCUT2D eigenvalue weighted by molar-refractivity contribution is 6.07. The summed E-state index contributed by atoms with van der Waals surface area (Å²) in [7, 11) is 0. The second kappa shape index (κ2) is 18.0. The molecule has 0 fully saturated rings. The number of para-hydroxylation sites is 2. The van der Waals surface area contributed by atoms with Gasteiger partial charge < -0.3 is 32.1 Å². The molecule has 4 heterocycles. The summed E-state index contributed by atoms with van der Waals surface area (Å²) in [5, 5.41) is 2.03. The molecule has 0 spiro atoms. The Morgan fingerprint density at radius 1 is 0.565 bits per heavy atom. The number of hydrogen-bond acceptors (Lipinski definition) is 8. The van der Waals surface area contributed by atoms with E-state index in [1.165, 1.54) is 0 Å². The van der Waals surface area contributed by atoms with E-state index in [4.69, 9.17) is 32.9 Å². The Balaban J connectivity index is 1.07. The molecule has 0 aliphatic carbocycles. The Labute approximate surface area is 361 Å². The molecule has 4 aromatic heterocycles. The van der Waals surface area contributed by atoms with Crippen LogP contribution in [0.25, 0.3) is 43.9 Å². The number of pyridine rings is 2. The quantitative estimate of drug-likeness (QED) is 0.0623. The van der Waals surface area contributed by atoms with E-state index in [1.54, 1.807) is 0 Å². The first kappa shape index (κ1) is 41.9. The smallest absolute Gasteiger partial charge is 0.224 e. The molecule has 12 heteroatoms. The zero-order chi connectivity index (χ0) is 43.4. The SMILES string of the molecule is CCCCc1nc2c(N)nc3ccccc3c2n1Cc1ccc(CC(CCCC(N)=O)(Cc2ccc(Cn3c(CCCC)nc4c(N)nc5ccccc5c43)cc2)C(N)=O)cc1. The van der Waals surface area contributed by atoms with Crippen LogP contribution in [0.2, 0.25) is 0 Å². The van der Waals surface area contributed by atoms with Crippen molar-refractivity contribution in [2.75, 3.05) is 11.5 Å². The normalized spacial score (nSPS) is 12.0. The van der Waals surface area contributed by atoms with Crippen molar-refractivity contribution >= 4 is 67.3 Å². The number of amides is 2. The number of rotatable bonds is 19. The van der Waals surface area contributed by atoms with E-state index in [-0.39, 0.29) is 6.42 Å². The molecule has 62 heavy (non-hydrogen) atoms. The summed E-state index contributed by atoms with van der Waals surface area (Å²) in [6, 6.07) is 32.9. The van der Waals surface area contributed by atoms with Gasteiger partial charge in [-0.1, -0.05) is 112 Å². The first-order chi connectivity index (χ1) is 30.1. The maximum absolute atomic E-state index is 13.7. The minimum atomic E-state index is -0.951. The Bertz CT molecular complexity index is 2720. The zero-order valence-electron chi connectivity index (χ0n) is 35.7.